The molecule has 0 spiro atoms. The molecule has 3 heteroatoms. The first-order valence-electron chi connectivity index (χ1n) is 6.18. The second kappa shape index (κ2) is 8.43. The standard InChI is InChI=1S/C12H25NOS/c1-11-12(7-6-10-15-11)13-8-4-3-5-9-14-2/h11-13H,3-10H2,1-2H3. The lowest BCUT2D eigenvalue weighted by atomic mass is 10.1. The first-order valence-corrected chi connectivity index (χ1v) is 7.23. The van der Waals surface area contributed by atoms with E-state index in [1.165, 1.54) is 44.4 Å². The summed E-state index contributed by atoms with van der Waals surface area (Å²) in [4.78, 5) is 0. The second-order valence-corrected chi connectivity index (χ2v) is 5.82. The van der Waals surface area contributed by atoms with Gasteiger partial charge >= 0.3 is 0 Å². The fourth-order valence-electron chi connectivity index (χ4n) is 2.03. The topological polar surface area (TPSA) is 21.3 Å². The Morgan fingerprint density at radius 1 is 1.33 bits per heavy atom. The Hall–Kier alpha value is 0.270. The number of hydrogen-bond donors (Lipinski definition) is 1. The lowest BCUT2D eigenvalue weighted by Crippen LogP contribution is -2.39. The van der Waals surface area contributed by atoms with Crippen LogP contribution < -0.4 is 5.32 Å². The first kappa shape index (κ1) is 13.3. The predicted molar refractivity (Wildman–Crippen MR) is 68.7 cm³/mol. The summed E-state index contributed by atoms with van der Waals surface area (Å²) in [5.74, 6) is 1.35. The molecule has 2 atom stereocenters. The number of nitrogens with one attached hydrogen (secondary N) is 1. The van der Waals surface area contributed by atoms with E-state index in [1.807, 2.05) is 0 Å². The summed E-state index contributed by atoms with van der Waals surface area (Å²) in [7, 11) is 1.78. The second-order valence-electron chi connectivity index (χ2n) is 4.33. The Balaban J connectivity index is 1.94. The Morgan fingerprint density at radius 2 is 2.20 bits per heavy atom. The van der Waals surface area contributed by atoms with E-state index in [0.29, 0.717) is 0 Å². The van der Waals surface area contributed by atoms with Crippen molar-refractivity contribution < 1.29 is 4.74 Å². The fourth-order valence-corrected chi connectivity index (χ4v) is 3.20. The minimum absolute atomic E-state index is 0.756. The smallest absolute Gasteiger partial charge is 0.0462 e. The zero-order chi connectivity index (χ0) is 10.9. The maximum absolute atomic E-state index is 5.03. The number of methoxy groups -OCH3 is 1. The van der Waals surface area contributed by atoms with Gasteiger partial charge in [0.2, 0.25) is 0 Å². The molecule has 1 heterocycles. The van der Waals surface area contributed by atoms with Crippen molar-refractivity contribution in [3.05, 3.63) is 0 Å². The monoisotopic (exact) mass is 231 g/mol. The van der Waals surface area contributed by atoms with Crippen molar-refractivity contribution in [3.8, 4) is 0 Å². The number of thioether (sulfide) groups is 1. The van der Waals surface area contributed by atoms with Gasteiger partial charge in [-0.25, -0.2) is 0 Å². The van der Waals surface area contributed by atoms with Crippen LogP contribution in [0.1, 0.15) is 39.0 Å². The van der Waals surface area contributed by atoms with Crippen LogP contribution in [0.3, 0.4) is 0 Å². The van der Waals surface area contributed by atoms with Crippen molar-refractivity contribution in [2.45, 2.75) is 50.3 Å². The molecule has 0 saturated carbocycles. The van der Waals surface area contributed by atoms with Gasteiger partial charge < -0.3 is 10.1 Å². The van der Waals surface area contributed by atoms with Gasteiger partial charge in [-0.2, -0.15) is 11.8 Å². The molecule has 1 aliphatic heterocycles. The molecule has 0 aromatic rings. The zero-order valence-electron chi connectivity index (χ0n) is 10.1. The minimum Gasteiger partial charge on any atom is -0.385 e. The highest BCUT2D eigenvalue weighted by Gasteiger charge is 2.20. The van der Waals surface area contributed by atoms with Gasteiger partial charge in [-0.15, -0.1) is 0 Å². The van der Waals surface area contributed by atoms with Crippen LogP contribution >= 0.6 is 11.8 Å². The van der Waals surface area contributed by atoms with E-state index in [0.717, 1.165) is 17.9 Å². The molecule has 0 aromatic carbocycles. The van der Waals surface area contributed by atoms with E-state index in [4.69, 9.17) is 4.74 Å². The molecule has 1 N–H and O–H groups in total. The number of unbranched alkanes of at least 4 members (excludes halogenated alkanes) is 2. The van der Waals surface area contributed by atoms with Crippen LogP contribution in [0.2, 0.25) is 0 Å². The Morgan fingerprint density at radius 3 is 2.93 bits per heavy atom. The Labute approximate surface area is 98.5 Å². The van der Waals surface area contributed by atoms with Gasteiger partial charge in [-0.05, 0) is 44.4 Å². The van der Waals surface area contributed by atoms with Crippen molar-refractivity contribution in [1.82, 2.24) is 5.32 Å². The average molecular weight is 231 g/mol. The molecule has 1 rings (SSSR count). The summed E-state index contributed by atoms with van der Waals surface area (Å²) in [6, 6.07) is 0.756. The molecular weight excluding hydrogens is 206 g/mol. The van der Waals surface area contributed by atoms with E-state index in [9.17, 15) is 0 Å². The van der Waals surface area contributed by atoms with Gasteiger partial charge in [0.15, 0.2) is 0 Å². The lowest BCUT2D eigenvalue weighted by molar-refractivity contribution is 0.192. The molecule has 0 radical (unpaired) electrons. The van der Waals surface area contributed by atoms with Gasteiger partial charge in [0.25, 0.3) is 0 Å². The van der Waals surface area contributed by atoms with Crippen LogP contribution in [0.5, 0.6) is 0 Å². The van der Waals surface area contributed by atoms with Gasteiger partial charge in [-0.1, -0.05) is 6.92 Å². The third kappa shape index (κ3) is 5.79. The molecule has 90 valence electrons. The van der Waals surface area contributed by atoms with E-state index >= 15 is 0 Å². The number of hydrogen-bond acceptors (Lipinski definition) is 3. The van der Waals surface area contributed by atoms with Crippen LogP contribution in [-0.4, -0.2) is 37.3 Å². The third-order valence-corrected chi connectivity index (χ3v) is 4.42. The van der Waals surface area contributed by atoms with E-state index in [-0.39, 0.29) is 0 Å². The van der Waals surface area contributed by atoms with Crippen LogP contribution in [0.4, 0.5) is 0 Å². The summed E-state index contributed by atoms with van der Waals surface area (Å²) in [6.45, 7) is 4.45. The molecule has 2 nitrogen and oxygen atoms in total. The molecule has 0 bridgehead atoms. The molecular formula is C12H25NOS. The van der Waals surface area contributed by atoms with E-state index in [1.54, 1.807) is 7.11 Å². The van der Waals surface area contributed by atoms with Gasteiger partial charge in [0.1, 0.15) is 0 Å². The van der Waals surface area contributed by atoms with Crippen molar-refractivity contribution in [2.75, 3.05) is 26.0 Å². The Bertz CT molecular complexity index is 155. The highest BCUT2D eigenvalue weighted by Crippen LogP contribution is 2.24. The molecule has 0 aliphatic carbocycles. The predicted octanol–water partition coefficient (Wildman–Crippen LogP) is 2.68. The van der Waals surface area contributed by atoms with Crippen LogP contribution in [0, 0.1) is 0 Å². The highest BCUT2D eigenvalue weighted by atomic mass is 32.2. The van der Waals surface area contributed by atoms with Crippen LogP contribution in [-0.2, 0) is 4.74 Å². The Kier molecular flexibility index (Phi) is 7.49. The molecule has 1 aliphatic rings. The lowest BCUT2D eigenvalue weighted by Gasteiger charge is -2.29. The minimum atomic E-state index is 0.756. The van der Waals surface area contributed by atoms with Crippen molar-refractivity contribution in [1.29, 1.82) is 0 Å². The quantitative estimate of drug-likeness (QED) is 0.681. The summed E-state index contributed by atoms with van der Waals surface area (Å²) in [6.07, 6.45) is 6.53. The third-order valence-electron chi connectivity index (χ3n) is 3.04. The van der Waals surface area contributed by atoms with Crippen molar-refractivity contribution in [2.24, 2.45) is 0 Å². The number of rotatable bonds is 7. The molecule has 2 unspecified atom stereocenters. The molecule has 0 amide bonds. The fraction of sp³-hybridized carbons (Fsp3) is 1.00. The summed E-state index contributed by atoms with van der Waals surface area (Å²) in [5.41, 5.74) is 0. The molecule has 1 fully saturated rings. The maximum atomic E-state index is 5.03. The van der Waals surface area contributed by atoms with Gasteiger partial charge in [-0.3, -0.25) is 0 Å². The van der Waals surface area contributed by atoms with Crippen LogP contribution in [0.15, 0.2) is 0 Å². The number of ether oxygens (including phenoxy) is 1. The van der Waals surface area contributed by atoms with Gasteiger partial charge in [0, 0.05) is 25.0 Å². The largest absolute Gasteiger partial charge is 0.385 e. The van der Waals surface area contributed by atoms with Crippen molar-refractivity contribution in [3.63, 3.8) is 0 Å². The summed E-state index contributed by atoms with van der Waals surface area (Å²) < 4.78 is 5.03. The van der Waals surface area contributed by atoms with E-state index < -0.39 is 0 Å². The van der Waals surface area contributed by atoms with E-state index in [2.05, 4.69) is 24.0 Å². The first-order chi connectivity index (χ1) is 7.34. The summed E-state index contributed by atoms with van der Waals surface area (Å²) in [5, 5.41) is 4.49. The highest BCUT2D eigenvalue weighted by molar-refractivity contribution is 7.99. The normalized spacial score (nSPS) is 26.8. The molecule has 1 saturated heterocycles. The van der Waals surface area contributed by atoms with Crippen molar-refractivity contribution >= 4 is 11.8 Å². The average Bonchev–Trinajstić information content (AvgIpc) is 2.25. The maximum Gasteiger partial charge on any atom is 0.0462 e. The van der Waals surface area contributed by atoms with Gasteiger partial charge in [0.05, 0.1) is 0 Å². The zero-order valence-corrected chi connectivity index (χ0v) is 10.9. The SMILES string of the molecule is COCCCCCNC1CCCSC1C. The summed E-state index contributed by atoms with van der Waals surface area (Å²) >= 11 is 2.12. The molecule has 15 heavy (non-hydrogen) atoms. The molecule has 0 aromatic heterocycles. The van der Waals surface area contributed by atoms with Crippen LogP contribution in [0.25, 0.3) is 0 Å².